The van der Waals surface area contributed by atoms with Crippen molar-refractivity contribution in [3.05, 3.63) is 114 Å². The Morgan fingerprint density at radius 1 is 0.815 bits per heavy atom. The number of carbonyl (C=O) groups excluding carboxylic acids is 6. The van der Waals surface area contributed by atoms with E-state index in [1.807, 2.05) is 73.7 Å². The van der Waals surface area contributed by atoms with Gasteiger partial charge in [-0.15, -0.1) is 0 Å². The van der Waals surface area contributed by atoms with Crippen LogP contribution < -0.4 is 24.6 Å². The number of hydrogen-bond donors (Lipinski definition) is 1. The number of benzene rings is 4. The molecule has 0 aromatic heterocycles. The van der Waals surface area contributed by atoms with Gasteiger partial charge in [-0.25, -0.2) is 0 Å². The van der Waals surface area contributed by atoms with E-state index >= 15 is 4.79 Å². The van der Waals surface area contributed by atoms with Crippen LogP contribution in [0.15, 0.2) is 97.1 Å². The molecule has 6 atom stereocenters. The summed E-state index contributed by atoms with van der Waals surface area (Å²) in [5.74, 6) is -1.84. The summed E-state index contributed by atoms with van der Waals surface area (Å²) in [6.45, 7) is 9.28. The van der Waals surface area contributed by atoms with Gasteiger partial charge in [0.15, 0.2) is 18.1 Å². The normalized spacial score (nSPS) is 23.5. The third kappa shape index (κ3) is 8.30. The molecule has 8 rings (SSSR count). The number of anilines is 3. The summed E-state index contributed by atoms with van der Waals surface area (Å²) in [7, 11) is -1.10. The number of β-lactam (4-membered cyclic amide) rings is 2. The van der Waals surface area contributed by atoms with E-state index in [1.165, 1.54) is 23.6 Å². The SMILES string of the molecule is COc1ccc([Si](C)(C)[C@H]2[C@H](CC(=O)N(CCO)Cc3ccccc3)O[C@@]3(C(=O)N(Cc4ccc(N5C(=O)CC5OC(C)=O)cc4)c4ccc(N5C(=O)CC5OC(C)=O)cc43)[C@@H]2C)cc1. The van der Waals surface area contributed by atoms with Crippen LogP contribution in [0, 0.1) is 5.92 Å². The highest BCUT2D eigenvalue weighted by Gasteiger charge is 2.67. The fourth-order valence-electron chi connectivity index (χ4n) is 10.2. The van der Waals surface area contributed by atoms with Crippen molar-refractivity contribution in [2.24, 2.45) is 5.92 Å². The van der Waals surface area contributed by atoms with Crippen LogP contribution in [-0.2, 0) is 61.7 Å². The first-order chi connectivity index (χ1) is 31.1. The molecule has 340 valence electrons. The number of fused-ring (bicyclic) bond motifs is 2. The summed E-state index contributed by atoms with van der Waals surface area (Å²) >= 11 is 0. The van der Waals surface area contributed by atoms with E-state index in [2.05, 4.69) is 13.1 Å². The summed E-state index contributed by atoms with van der Waals surface area (Å²) in [5, 5.41) is 11.2. The van der Waals surface area contributed by atoms with E-state index in [-0.39, 0.29) is 74.7 Å². The molecular weight excluding hydrogens is 849 g/mol. The molecule has 3 fully saturated rings. The third-order valence-electron chi connectivity index (χ3n) is 13.4. The van der Waals surface area contributed by atoms with Crippen molar-refractivity contribution in [2.45, 2.75) is 95.9 Å². The molecule has 0 aliphatic carbocycles. The number of aliphatic hydroxyl groups excluding tert-OH is 1. The van der Waals surface area contributed by atoms with Crippen molar-refractivity contribution in [3.63, 3.8) is 0 Å². The smallest absolute Gasteiger partial charge is 0.304 e. The van der Waals surface area contributed by atoms with Gasteiger partial charge in [0.1, 0.15) is 5.75 Å². The second-order valence-electron chi connectivity index (χ2n) is 17.7. The van der Waals surface area contributed by atoms with Crippen molar-refractivity contribution in [2.75, 3.05) is 35.0 Å². The highest BCUT2D eigenvalue weighted by molar-refractivity contribution is 6.91. The molecule has 3 saturated heterocycles. The minimum Gasteiger partial charge on any atom is -0.497 e. The van der Waals surface area contributed by atoms with Crippen LogP contribution >= 0.6 is 0 Å². The molecule has 4 aliphatic heterocycles. The Balaban J connectivity index is 1.20. The Labute approximate surface area is 378 Å². The number of carbonyl (C=O) groups is 6. The lowest BCUT2D eigenvalue weighted by atomic mass is 9.82. The molecule has 0 saturated carbocycles. The molecule has 1 spiro atoms. The van der Waals surface area contributed by atoms with Crippen molar-refractivity contribution in [3.8, 4) is 5.75 Å². The van der Waals surface area contributed by atoms with E-state index in [1.54, 1.807) is 47.2 Å². The fraction of sp³-hybridized carbons (Fsp3) is 0.388. The van der Waals surface area contributed by atoms with Crippen molar-refractivity contribution in [1.29, 1.82) is 0 Å². The molecule has 0 radical (unpaired) electrons. The van der Waals surface area contributed by atoms with Crippen LogP contribution in [0.4, 0.5) is 17.1 Å². The zero-order valence-electron chi connectivity index (χ0n) is 37.4. The monoisotopic (exact) mass is 902 g/mol. The Hall–Kier alpha value is -6.36. The zero-order chi connectivity index (χ0) is 46.4. The van der Waals surface area contributed by atoms with Gasteiger partial charge in [-0.2, -0.15) is 0 Å². The minimum atomic E-state index is -2.71. The lowest BCUT2D eigenvalue weighted by Gasteiger charge is -2.39. The lowest BCUT2D eigenvalue weighted by molar-refractivity contribution is -0.155. The number of aliphatic hydroxyl groups is 1. The number of hydrogen-bond acceptors (Lipinski definition) is 11. The van der Waals surface area contributed by atoms with Crippen molar-refractivity contribution >= 4 is 65.9 Å². The maximum atomic E-state index is 15.7. The summed E-state index contributed by atoms with van der Waals surface area (Å²) in [4.78, 5) is 85.9. The first-order valence-corrected chi connectivity index (χ1v) is 24.9. The average molecular weight is 903 g/mol. The third-order valence-corrected chi connectivity index (χ3v) is 17.7. The van der Waals surface area contributed by atoms with Crippen molar-refractivity contribution in [1.82, 2.24) is 4.90 Å². The van der Waals surface area contributed by atoms with Gasteiger partial charge in [0, 0.05) is 49.8 Å². The minimum absolute atomic E-state index is 0.0155. The molecular formula is C49H54N4O11Si. The molecule has 4 aromatic carbocycles. The molecule has 4 aromatic rings. The van der Waals surface area contributed by atoms with Gasteiger partial charge in [-0.3, -0.25) is 38.6 Å². The molecule has 4 aliphatic rings. The van der Waals surface area contributed by atoms with Gasteiger partial charge in [0.2, 0.25) is 17.7 Å². The van der Waals surface area contributed by atoms with Crippen LogP contribution in [0.2, 0.25) is 18.6 Å². The molecule has 2 unspecified atom stereocenters. The maximum Gasteiger partial charge on any atom is 0.304 e. The van der Waals surface area contributed by atoms with E-state index in [0.29, 0.717) is 28.4 Å². The number of esters is 2. The Kier molecular flexibility index (Phi) is 12.4. The van der Waals surface area contributed by atoms with Gasteiger partial charge in [-0.05, 0) is 59.1 Å². The van der Waals surface area contributed by atoms with Gasteiger partial charge >= 0.3 is 11.9 Å². The average Bonchev–Trinajstić information content (AvgIpc) is 3.69. The van der Waals surface area contributed by atoms with Crippen LogP contribution in [0.3, 0.4) is 0 Å². The number of ether oxygens (including phenoxy) is 4. The second kappa shape index (κ2) is 17.9. The molecule has 4 heterocycles. The summed E-state index contributed by atoms with van der Waals surface area (Å²) < 4.78 is 23.6. The van der Waals surface area contributed by atoms with Crippen LogP contribution in [-0.4, -0.2) is 92.5 Å². The number of methoxy groups -OCH3 is 1. The van der Waals surface area contributed by atoms with E-state index < -0.39 is 50.1 Å². The number of rotatable bonds is 15. The molecule has 1 N–H and O–H groups in total. The van der Waals surface area contributed by atoms with Gasteiger partial charge in [0.05, 0.1) is 59.4 Å². The van der Waals surface area contributed by atoms with Gasteiger partial charge in [0.25, 0.3) is 5.91 Å². The Bertz CT molecular complexity index is 2500. The molecule has 4 amide bonds. The van der Waals surface area contributed by atoms with Crippen LogP contribution in [0.1, 0.15) is 56.7 Å². The quantitative estimate of drug-likeness (QED) is 0.0954. The number of nitrogens with zero attached hydrogens (tertiary/aromatic N) is 4. The fourth-order valence-corrected chi connectivity index (χ4v) is 14.2. The van der Waals surface area contributed by atoms with Crippen molar-refractivity contribution < 1.29 is 52.8 Å². The molecule has 0 bridgehead atoms. The predicted octanol–water partition coefficient (Wildman–Crippen LogP) is 5.12. The Morgan fingerprint density at radius 2 is 1.42 bits per heavy atom. The Morgan fingerprint density at radius 3 is 1.98 bits per heavy atom. The molecule has 16 heteroatoms. The highest BCUT2D eigenvalue weighted by Crippen LogP contribution is 2.61. The largest absolute Gasteiger partial charge is 0.497 e. The highest BCUT2D eigenvalue weighted by atomic mass is 28.3. The maximum absolute atomic E-state index is 15.7. The summed E-state index contributed by atoms with van der Waals surface area (Å²) in [5.41, 5.74) is 1.76. The number of amides is 4. The molecule has 15 nitrogen and oxygen atoms in total. The van der Waals surface area contributed by atoms with Gasteiger partial charge < -0.3 is 33.9 Å². The zero-order valence-corrected chi connectivity index (χ0v) is 38.4. The lowest BCUT2D eigenvalue weighted by Crippen LogP contribution is -2.55. The van der Waals surface area contributed by atoms with E-state index in [9.17, 15) is 29.1 Å². The molecule has 65 heavy (non-hydrogen) atoms. The van der Waals surface area contributed by atoms with E-state index in [0.717, 1.165) is 16.3 Å². The second-order valence-corrected chi connectivity index (χ2v) is 22.4. The van der Waals surface area contributed by atoms with E-state index in [4.69, 9.17) is 18.9 Å². The first kappa shape index (κ1) is 45.2. The topological polar surface area (TPSA) is 173 Å². The first-order valence-electron chi connectivity index (χ1n) is 21.9. The summed E-state index contributed by atoms with van der Waals surface area (Å²) in [6, 6.07) is 29.9. The van der Waals surface area contributed by atoms with Crippen LogP contribution in [0.5, 0.6) is 5.75 Å². The van der Waals surface area contributed by atoms with Gasteiger partial charge in [-0.1, -0.05) is 79.8 Å². The predicted molar refractivity (Wildman–Crippen MR) is 243 cm³/mol. The van der Waals surface area contributed by atoms with Crippen LogP contribution in [0.25, 0.3) is 0 Å². The standard InChI is InChI=1S/C49H54N4O11Si/c1-30-47(65(5,6)38-19-17-37(61-4)18-20-38)41(25-42(57)50(22-23-54)28-33-10-8-7-9-11-33)64-49(30)39-24-36(53-44(59)27-46(53)63-32(3)56)16-21-40(39)51(48(49)60)29-34-12-14-35(15-13-34)52-43(58)26-45(52)62-31(2)55/h7-21,24,30,41,45-47,54H,22-23,25-29H2,1-6H3/t30-,41+,45?,46?,47-,49+/m1/s1. The summed E-state index contributed by atoms with van der Waals surface area (Å²) in [6.07, 6.45) is -2.23.